The molecule has 2 aliphatic carbocycles. The van der Waals surface area contributed by atoms with Crippen LogP contribution in [0, 0.1) is 17.8 Å². The zero-order valence-corrected chi connectivity index (χ0v) is 13.5. The van der Waals surface area contributed by atoms with Crippen LogP contribution in [-0.4, -0.2) is 56.2 Å². The Kier molecular flexibility index (Phi) is 4.75. The summed E-state index contributed by atoms with van der Waals surface area (Å²) in [4.78, 5) is 0. The monoisotopic (exact) mass is 316 g/mol. The molecular weight excluding hydrogens is 292 g/mol. The molecule has 20 heavy (non-hydrogen) atoms. The van der Waals surface area contributed by atoms with E-state index in [1.807, 2.05) is 11.8 Å². The fourth-order valence-corrected chi connectivity index (χ4v) is 6.11. The molecule has 4 nitrogen and oxygen atoms in total. The average Bonchev–Trinajstić information content (AvgIpc) is 3.07. The molecule has 0 radical (unpaired) electrons. The zero-order chi connectivity index (χ0) is 14.0. The van der Waals surface area contributed by atoms with Gasteiger partial charge in [0.2, 0.25) is 10.0 Å². The van der Waals surface area contributed by atoms with Crippen molar-refractivity contribution in [1.29, 1.82) is 0 Å². The highest BCUT2D eigenvalue weighted by molar-refractivity contribution is 7.99. The van der Waals surface area contributed by atoms with Crippen molar-refractivity contribution < 1.29 is 8.42 Å². The van der Waals surface area contributed by atoms with Gasteiger partial charge in [0.15, 0.2) is 0 Å². The van der Waals surface area contributed by atoms with Crippen LogP contribution in [-0.2, 0) is 10.0 Å². The van der Waals surface area contributed by atoms with Gasteiger partial charge in [0.05, 0.1) is 5.75 Å². The minimum absolute atomic E-state index is 0.244. The third kappa shape index (κ3) is 3.40. The molecule has 1 saturated heterocycles. The summed E-state index contributed by atoms with van der Waals surface area (Å²) in [5.41, 5.74) is 0. The number of allylic oxidation sites excluding steroid dienone is 2. The number of hydrogen-bond donors (Lipinski definition) is 1. The summed E-state index contributed by atoms with van der Waals surface area (Å²) in [5.74, 6) is 4.37. The van der Waals surface area contributed by atoms with Crippen LogP contribution in [0.4, 0.5) is 0 Å². The van der Waals surface area contributed by atoms with Crippen molar-refractivity contribution in [2.24, 2.45) is 17.8 Å². The van der Waals surface area contributed by atoms with E-state index in [0.717, 1.165) is 35.8 Å². The van der Waals surface area contributed by atoms with Gasteiger partial charge in [-0.2, -0.15) is 11.8 Å². The first-order valence-electron chi connectivity index (χ1n) is 7.60. The highest BCUT2D eigenvalue weighted by atomic mass is 32.2. The summed E-state index contributed by atoms with van der Waals surface area (Å²) in [6.45, 7) is 2.93. The SMILES string of the molecule is O=S(=O)(CCNC[C@@H]1C[C@H]2C=C[C@H]1C2)N1CCSCC1. The minimum atomic E-state index is -3.05. The van der Waals surface area contributed by atoms with Gasteiger partial charge in [-0.05, 0) is 37.1 Å². The standard InChI is InChI=1S/C14H24N2O2S2/c17-20(18,16-4-6-19-7-5-16)8-3-15-11-14-10-12-1-2-13(14)9-12/h1-2,12-15H,3-11H2/t12-,13-,14-/m0/s1. The lowest BCUT2D eigenvalue weighted by atomic mass is 9.94. The van der Waals surface area contributed by atoms with Crippen LogP contribution in [0.1, 0.15) is 12.8 Å². The van der Waals surface area contributed by atoms with E-state index in [1.54, 1.807) is 4.31 Å². The fraction of sp³-hybridized carbons (Fsp3) is 0.857. The molecule has 114 valence electrons. The molecule has 0 aromatic heterocycles. The van der Waals surface area contributed by atoms with Crippen LogP contribution < -0.4 is 5.32 Å². The average molecular weight is 316 g/mol. The third-order valence-corrected chi connectivity index (χ3v) is 7.54. The second-order valence-electron chi connectivity index (χ2n) is 6.07. The highest BCUT2D eigenvalue weighted by Crippen LogP contribution is 2.42. The fourth-order valence-electron chi connectivity index (χ4n) is 3.57. The number of fused-ring (bicyclic) bond motifs is 2. The Bertz CT molecular complexity index is 458. The molecule has 0 unspecified atom stereocenters. The maximum atomic E-state index is 12.2. The smallest absolute Gasteiger partial charge is 0.215 e. The van der Waals surface area contributed by atoms with E-state index in [4.69, 9.17) is 0 Å². The number of nitrogens with one attached hydrogen (secondary N) is 1. The van der Waals surface area contributed by atoms with Gasteiger partial charge < -0.3 is 5.32 Å². The number of nitrogens with zero attached hydrogens (tertiary/aromatic N) is 1. The quantitative estimate of drug-likeness (QED) is 0.590. The molecule has 1 N–H and O–H groups in total. The Balaban J connectivity index is 1.38. The van der Waals surface area contributed by atoms with E-state index in [9.17, 15) is 8.42 Å². The normalized spacial score (nSPS) is 33.9. The van der Waals surface area contributed by atoms with E-state index in [1.165, 1.54) is 12.8 Å². The molecule has 6 heteroatoms. The first-order valence-corrected chi connectivity index (χ1v) is 10.4. The largest absolute Gasteiger partial charge is 0.315 e. The van der Waals surface area contributed by atoms with E-state index in [2.05, 4.69) is 17.5 Å². The number of rotatable bonds is 6. The van der Waals surface area contributed by atoms with Gasteiger partial charge in [0.25, 0.3) is 0 Å². The molecule has 0 spiro atoms. The summed E-state index contributed by atoms with van der Waals surface area (Å²) < 4.78 is 26.0. The first kappa shape index (κ1) is 14.9. The number of sulfonamides is 1. The van der Waals surface area contributed by atoms with Gasteiger partial charge >= 0.3 is 0 Å². The Morgan fingerprint density at radius 2 is 2.00 bits per heavy atom. The molecule has 2 fully saturated rings. The predicted octanol–water partition coefficient (Wildman–Crippen LogP) is 1.17. The van der Waals surface area contributed by atoms with E-state index >= 15 is 0 Å². The van der Waals surface area contributed by atoms with Gasteiger partial charge in [-0.25, -0.2) is 12.7 Å². The maximum absolute atomic E-state index is 12.2. The van der Waals surface area contributed by atoms with Gasteiger partial charge in [-0.1, -0.05) is 12.2 Å². The highest BCUT2D eigenvalue weighted by Gasteiger charge is 2.35. The molecule has 3 aliphatic rings. The van der Waals surface area contributed by atoms with Crippen LogP contribution in [0.5, 0.6) is 0 Å². The lowest BCUT2D eigenvalue weighted by Crippen LogP contribution is -2.41. The third-order valence-electron chi connectivity index (χ3n) is 4.72. The van der Waals surface area contributed by atoms with Crippen LogP contribution >= 0.6 is 11.8 Å². The molecule has 1 saturated carbocycles. The van der Waals surface area contributed by atoms with E-state index in [0.29, 0.717) is 19.6 Å². The van der Waals surface area contributed by atoms with Crippen molar-refractivity contribution in [3.05, 3.63) is 12.2 Å². The van der Waals surface area contributed by atoms with E-state index < -0.39 is 10.0 Å². The second-order valence-corrected chi connectivity index (χ2v) is 9.39. The van der Waals surface area contributed by atoms with Crippen LogP contribution in [0.2, 0.25) is 0 Å². The van der Waals surface area contributed by atoms with Crippen LogP contribution in [0.15, 0.2) is 12.2 Å². The summed E-state index contributed by atoms with van der Waals surface area (Å²) in [5, 5.41) is 3.36. The molecule has 0 aromatic carbocycles. The van der Waals surface area contributed by atoms with Crippen molar-refractivity contribution in [3.8, 4) is 0 Å². The number of thioether (sulfide) groups is 1. The van der Waals surface area contributed by atoms with Crippen molar-refractivity contribution in [2.45, 2.75) is 12.8 Å². The summed E-state index contributed by atoms with van der Waals surface area (Å²) >= 11 is 1.84. The Morgan fingerprint density at radius 1 is 1.20 bits per heavy atom. The molecule has 0 amide bonds. The first-order chi connectivity index (χ1) is 9.65. The minimum Gasteiger partial charge on any atom is -0.315 e. The molecule has 1 aliphatic heterocycles. The van der Waals surface area contributed by atoms with Gasteiger partial charge in [-0.15, -0.1) is 0 Å². The molecule has 3 rings (SSSR count). The molecule has 3 atom stereocenters. The second kappa shape index (κ2) is 6.38. The zero-order valence-electron chi connectivity index (χ0n) is 11.8. The summed E-state index contributed by atoms with van der Waals surface area (Å²) in [6.07, 6.45) is 7.29. The molecule has 1 heterocycles. The number of hydrogen-bond acceptors (Lipinski definition) is 4. The Labute approximate surface area is 126 Å². The molecule has 2 bridgehead atoms. The molecular formula is C14H24N2O2S2. The predicted molar refractivity (Wildman–Crippen MR) is 84.4 cm³/mol. The lowest BCUT2D eigenvalue weighted by Gasteiger charge is -2.26. The summed E-state index contributed by atoms with van der Waals surface area (Å²) in [6, 6.07) is 0. The van der Waals surface area contributed by atoms with Gasteiger partial charge in [0, 0.05) is 31.1 Å². The topological polar surface area (TPSA) is 49.4 Å². The van der Waals surface area contributed by atoms with E-state index in [-0.39, 0.29) is 5.75 Å². The molecule has 0 aromatic rings. The lowest BCUT2D eigenvalue weighted by molar-refractivity contribution is 0.415. The van der Waals surface area contributed by atoms with Crippen molar-refractivity contribution in [2.75, 3.05) is 43.4 Å². The van der Waals surface area contributed by atoms with Gasteiger partial charge in [-0.3, -0.25) is 0 Å². The van der Waals surface area contributed by atoms with Gasteiger partial charge in [0.1, 0.15) is 0 Å². The maximum Gasteiger partial charge on any atom is 0.215 e. The van der Waals surface area contributed by atoms with Crippen molar-refractivity contribution in [3.63, 3.8) is 0 Å². The Morgan fingerprint density at radius 3 is 2.65 bits per heavy atom. The van der Waals surface area contributed by atoms with Crippen LogP contribution in [0.3, 0.4) is 0 Å². The Hall–Kier alpha value is -0.0400. The van der Waals surface area contributed by atoms with Crippen LogP contribution in [0.25, 0.3) is 0 Å². The van der Waals surface area contributed by atoms with Crippen molar-refractivity contribution >= 4 is 21.8 Å². The van der Waals surface area contributed by atoms with Crippen molar-refractivity contribution in [1.82, 2.24) is 9.62 Å². The summed E-state index contributed by atoms with van der Waals surface area (Å²) in [7, 11) is -3.05.